The molecule has 0 saturated heterocycles. The second-order valence-corrected chi connectivity index (χ2v) is 4.18. The number of hydrogen-bond acceptors (Lipinski definition) is 2. The summed E-state index contributed by atoms with van der Waals surface area (Å²) in [7, 11) is 0. The van der Waals surface area contributed by atoms with Crippen molar-refractivity contribution in [3.63, 3.8) is 0 Å². The Morgan fingerprint density at radius 1 is 1.18 bits per heavy atom. The van der Waals surface area contributed by atoms with Gasteiger partial charge in [-0.3, -0.25) is 4.79 Å². The van der Waals surface area contributed by atoms with Crippen molar-refractivity contribution in [2.24, 2.45) is 5.11 Å². The molecule has 17 heavy (non-hydrogen) atoms. The van der Waals surface area contributed by atoms with E-state index in [1.165, 1.54) is 25.7 Å². The van der Waals surface area contributed by atoms with Crippen LogP contribution in [0.15, 0.2) is 5.11 Å². The maximum absolute atomic E-state index is 11.4. The molecule has 5 nitrogen and oxygen atoms in total. The van der Waals surface area contributed by atoms with Crippen LogP contribution in [0.3, 0.4) is 0 Å². The maximum atomic E-state index is 11.4. The van der Waals surface area contributed by atoms with Gasteiger partial charge < -0.3 is 5.32 Å². The summed E-state index contributed by atoms with van der Waals surface area (Å²) in [6.07, 6.45) is 8.53. The topological polar surface area (TPSA) is 77.9 Å². The van der Waals surface area contributed by atoms with E-state index in [1.807, 2.05) is 0 Å². The molecule has 0 aliphatic rings. The summed E-state index contributed by atoms with van der Waals surface area (Å²) in [6.45, 7) is 3.26. The van der Waals surface area contributed by atoms with E-state index in [0.29, 0.717) is 25.9 Å². The third kappa shape index (κ3) is 12.7. The van der Waals surface area contributed by atoms with Crippen LogP contribution in [0, 0.1) is 0 Å². The lowest BCUT2D eigenvalue weighted by Crippen LogP contribution is -2.24. The van der Waals surface area contributed by atoms with Crippen molar-refractivity contribution >= 4 is 5.91 Å². The molecular formula is C12H24N4O. The first-order chi connectivity index (χ1) is 8.31. The van der Waals surface area contributed by atoms with E-state index in [4.69, 9.17) is 5.53 Å². The molecule has 98 valence electrons. The molecule has 0 aromatic heterocycles. The minimum absolute atomic E-state index is 0.112. The fourth-order valence-electron chi connectivity index (χ4n) is 1.58. The second-order valence-electron chi connectivity index (χ2n) is 4.18. The van der Waals surface area contributed by atoms with Crippen molar-refractivity contribution in [3.05, 3.63) is 10.4 Å². The van der Waals surface area contributed by atoms with Gasteiger partial charge in [0, 0.05) is 24.4 Å². The van der Waals surface area contributed by atoms with Gasteiger partial charge in [-0.05, 0) is 18.4 Å². The van der Waals surface area contributed by atoms with Gasteiger partial charge in [0.25, 0.3) is 0 Å². The predicted molar refractivity (Wildman–Crippen MR) is 69.6 cm³/mol. The minimum atomic E-state index is 0.112. The van der Waals surface area contributed by atoms with Crippen molar-refractivity contribution in [3.8, 4) is 0 Å². The van der Waals surface area contributed by atoms with Crippen LogP contribution in [-0.2, 0) is 4.79 Å². The SMILES string of the molecule is CCCCCCCCC(=O)NCCCN=[N+]=[N-]. The molecule has 0 rings (SSSR count). The van der Waals surface area contributed by atoms with Crippen molar-refractivity contribution < 1.29 is 4.79 Å². The van der Waals surface area contributed by atoms with E-state index < -0.39 is 0 Å². The van der Waals surface area contributed by atoms with Crippen LogP contribution in [0.4, 0.5) is 0 Å². The van der Waals surface area contributed by atoms with Crippen LogP contribution in [-0.4, -0.2) is 19.0 Å². The number of carbonyl (C=O) groups excluding carboxylic acids is 1. The summed E-state index contributed by atoms with van der Waals surface area (Å²) in [5, 5.41) is 6.22. The molecular weight excluding hydrogens is 216 g/mol. The number of unbranched alkanes of at least 4 members (excludes halogenated alkanes) is 5. The summed E-state index contributed by atoms with van der Waals surface area (Å²) in [5.74, 6) is 0.112. The number of azide groups is 1. The van der Waals surface area contributed by atoms with Gasteiger partial charge in [-0.2, -0.15) is 0 Å². The van der Waals surface area contributed by atoms with Crippen LogP contribution in [0.25, 0.3) is 10.4 Å². The van der Waals surface area contributed by atoms with Gasteiger partial charge in [0.2, 0.25) is 5.91 Å². The quantitative estimate of drug-likeness (QED) is 0.255. The summed E-state index contributed by atoms with van der Waals surface area (Å²) >= 11 is 0. The third-order valence-electron chi connectivity index (χ3n) is 2.58. The van der Waals surface area contributed by atoms with Crippen LogP contribution in [0.1, 0.15) is 58.3 Å². The molecule has 0 fully saturated rings. The lowest BCUT2D eigenvalue weighted by Gasteiger charge is -2.03. The summed E-state index contributed by atoms with van der Waals surface area (Å²) in [6, 6.07) is 0. The zero-order chi connectivity index (χ0) is 12.8. The molecule has 0 radical (unpaired) electrons. The highest BCUT2D eigenvalue weighted by molar-refractivity contribution is 5.75. The zero-order valence-corrected chi connectivity index (χ0v) is 10.8. The number of rotatable bonds is 11. The highest BCUT2D eigenvalue weighted by Crippen LogP contribution is 2.06. The third-order valence-corrected chi connectivity index (χ3v) is 2.58. The summed E-state index contributed by atoms with van der Waals surface area (Å²) in [5.41, 5.74) is 8.05. The summed E-state index contributed by atoms with van der Waals surface area (Å²) in [4.78, 5) is 14.0. The van der Waals surface area contributed by atoms with Gasteiger partial charge >= 0.3 is 0 Å². The Balaban J connectivity index is 3.20. The molecule has 0 spiro atoms. The molecule has 0 aromatic carbocycles. The molecule has 0 aromatic rings. The fourth-order valence-corrected chi connectivity index (χ4v) is 1.58. The normalized spacial score (nSPS) is 9.71. The van der Waals surface area contributed by atoms with Crippen molar-refractivity contribution in [1.82, 2.24) is 5.32 Å². The van der Waals surface area contributed by atoms with E-state index in [2.05, 4.69) is 22.3 Å². The Hall–Kier alpha value is -1.22. The number of nitrogens with one attached hydrogen (secondary N) is 1. The smallest absolute Gasteiger partial charge is 0.219 e. The Morgan fingerprint density at radius 3 is 2.59 bits per heavy atom. The van der Waals surface area contributed by atoms with E-state index >= 15 is 0 Å². The highest BCUT2D eigenvalue weighted by atomic mass is 16.1. The maximum Gasteiger partial charge on any atom is 0.219 e. The zero-order valence-electron chi connectivity index (χ0n) is 10.8. The molecule has 0 unspecified atom stereocenters. The van der Waals surface area contributed by atoms with Crippen molar-refractivity contribution in [2.75, 3.05) is 13.1 Å². The van der Waals surface area contributed by atoms with Gasteiger partial charge in [-0.25, -0.2) is 0 Å². The monoisotopic (exact) mass is 240 g/mol. The average Bonchev–Trinajstić information content (AvgIpc) is 2.33. The number of amides is 1. The Kier molecular flexibility index (Phi) is 11.9. The molecule has 0 atom stereocenters. The van der Waals surface area contributed by atoms with E-state index in [0.717, 1.165) is 12.8 Å². The van der Waals surface area contributed by atoms with Crippen LogP contribution in [0.5, 0.6) is 0 Å². The van der Waals surface area contributed by atoms with Crippen molar-refractivity contribution in [1.29, 1.82) is 0 Å². The molecule has 0 aliphatic heterocycles. The van der Waals surface area contributed by atoms with Gasteiger partial charge in [-0.1, -0.05) is 44.1 Å². The molecule has 0 saturated carbocycles. The molecule has 0 heterocycles. The standard InChI is InChI=1S/C12H24N4O/c1-2-3-4-5-6-7-9-12(17)14-10-8-11-15-16-13/h2-11H2,1H3,(H,14,17). The number of hydrogen-bond donors (Lipinski definition) is 1. The highest BCUT2D eigenvalue weighted by Gasteiger charge is 1.99. The fraction of sp³-hybridized carbons (Fsp3) is 0.917. The number of nitrogens with zero attached hydrogens (tertiary/aromatic N) is 3. The van der Waals surface area contributed by atoms with Crippen molar-refractivity contribution in [2.45, 2.75) is 58.3 Å². The van der Waals surface area contributed by atoms with Gasteiger partial charge in [0.15, 0.2) is 0 Å². The molecule has 0 bridgehead atoms. The second kappa shape index (κ2) is 12.8. The van der Waals surface area contributed by atoms with E-state index in [-0.39, 0.29) is 5.91 Å². The predicted octanol–water partition coefficient (Wildman–Crippen LogP) is 3.55. The van der Waals surface area contributed by atoms with Gasteiger partial charge in [0.1, 0.15) is 0 Å². The first-order valence-electron chi connectivity index (χ1n) is 6.58. The van der Waals surface area contributed by atoms with Crippen LogP contribution in [0.2, 0.25) is 0 Å². The van der Waals surface area contributed by atoms with Gasteiger partial charge in [0.05, 0.1) is 0 Å². The molecule has 1 amide bonds. The average molecular weight is 240 g/mol. The van der Waals surface area contributed by atoms with E-state index in [9.17, 15) is 4.79 Å². The van der Waals surface area contributed by atoms with Crippen LogP contribution >= 0.6 is 0 Å². The minimum Gasteiger partial charge on any atom is -0.356 e. The number of carbonyl (C=O) groups is 1. The van der Waals surface area contributed by atoms with Crippen LogP contribution < -0.4 is 5.32 Å². The molecule has 0 aliphatic carbocycles. The van der Waals surface area contributed by atoms with Gasteiger partial charge in [-0.15, -0.1) is 0 Å². The Morgan fingerprint density at radius 2 is 1.88 bits per heavy atom. The lowest BCUT2D eigenvalue weighted by molar-refractivity contribution is -0.121. The largest absolute Gasteiger partial charge is 0.356 e. The molecule has 1 N–H and O–H groups in total. The van der Waals surface area contributed by atoms with E-state index in [1.54, 1.807) is 0 Å². The summed E-state index contributed by atoms with van der Waals surface area (Å²) < 4.78 is 0. The Labute approximate surface area is 104 Å². The first kappa shape index (κ1) is 15.8. The lowest BCUT2D eigenvalue weighted by atomic mass is 10.1. The molecule has 5 heteroatoms. The Bertz CT molecular complexity index is 237. The first-order valence-corrected chi connectivity index (χ1v) is 6.58.